The van der Waals surface area contributed by atoms with Gasteiger partial charge in [-0.2, -0.15) is 0 Å². The second kappa shape index (κ2) is 6.67. The van der Waals surface area contributed by atoms with Gasteiger partial charge in [0.2, 0.25) is 0 Å². The molecule has 24 heavy (non-hydrogen) atoms. The molecule has 0 spiro atoms. The number of aryl methyl sites for hydroxylation is 1. The number of benzene rings is 1. The molecular weight excluding hydrogens is 292 g/mol. The number of aliphatic hydroxyl groups is 1. The summed E-state index contributed by atoms with van der Waals surface area (Å²) in [5, 5.41) is 12.1. The highest BCUT2D eigenvalue weighted by Gasteiger charge is 2.55. The lowest BCUT2D eigenvalue weighted by Crippen LogP contribution is -2.46. The third kappa shape index (κ3) is 3.33. The topological polar surface area (TPSA) is 20.2 Å². The summed E-state index contributed by atoms with van der Waals surface area (Å²) in [5.74, 6) is 1.26. The molecule has 1 aliphatic rings. The first-order chi connectivity index (χ1) is 11.0. The van der Waals surface area contributed by atoms with Crippen molar-refractivity contribution < 1.29 is 5.11 Å². The van der Waals surface area contributed by atoms with E-state index in [1.165, 1.54) is 22.3 Å². The standard InChI is InChI=1S/C23H36O/c1-15(2)11-20(13-18(6)16(3)4)23(24)21-12-17(5)9-10-19(21)14-22(23,7)8/h9-10,12,15,18,20,24H,3,11,13-14H2,1-2,4-8H3. The molecule has 1 nitrogen and oxygen atoms in total. The highest BCUT2D eigenvalue weighted by atomic mass is 16.3. The Morgan fingerprint density at radius 2 is 1.83 bits per heavy atom. The summed E-state index contributed by atoms with van der Waals surface area (Å²) < 4.78 is 0. The van der Waals surface area contributed by atoms with Gasteiger partial charge in [-0.1, -0.05) is 70.5 Å². The SMILES string of the molecule is C=C(C)C(C)CC(CC(C)C)C1(O)c2cc(C)ccc2CC1(C)C. The van der Waals surface area contributed by atoms with Gasteiger partial charge in [-0.05, 0) is 62.0 Å². The Morgan fingerprint density at radius 1 is 1.21 bits per heavy atom. The molecule has 0 amide bonds. The molecule has 1 aliphatic carbocycles. The number of fused-ring (bicyclic) bond motifs is 1. The molecule has 0 aliphatic heterocycles. The first-order valence-electron chi connectivity index (χ1n) is 9.46. The van der Waals surface area contributed by atoms with Crippen LogP contribution in [0.2, 0.25) is 0 Å². The van der Waals surface area contributed by atoms with E-state index in [1.807, 2.05) is 0 Å². The van der Waals surface area contributed by atoms with E-state index in [-0.39, 0.29) is 11.3 Å². The van der Waals surface area contributed by atoms with Crippen molar-refractivity contribution in [2.45, 2.75) is 73.3 Å². The van der Waals surface area contributed by atoms with Gasteiger partial charge in [-0.25, -0.2) is 0 Å². The van der Waals surface area contributed by atoms with Crippen LogP contribution in [0.5, 0.6) is 0 Å². The maximum atomic E-state index is 12.1. The first kappa shape index (κ1) is 19.2. The van der Waals surface area contributed by atoms with Gasteiger partial charge in [-0.15, -0.1) is 0 Å². The average molecular weight is 329 g/mol. The zero-order chi connectivity index (χ0) is 18.3. The Labute approximate surface area is 149 Å². The number of allylic oxidation sites excluding steroid dienone is 1. The molecular formula is C23H36O. The van der Waals surface area contributed by atoms with E-state index in [2.05, 4.69) is 73.2 Å². The quantitative estimate of drug-likeness (QED) is 0.632. The summed E-state index contributed by atoms with van der Waals surface area (Å²) in [7, 11) is 0. The second-order valence-corrected chi connectivity index (χ2v) is 9.30. The van der Waals surface area contributed by atoms with Gasteiger partial charge in [0.05, 0.1) is 5.60 Å². The van der Waals surface area contributed by atoms with Gasteiger partial charge in [0.25, 0.3) is 0 Å². The van der Waals surface area contributed by atoms with Crippen LogP contribution in [0.15, 0.2) is 30.4 Å². The summed E-state index contributed by atoms with van der Waals surface area (Å²) >= 11 is 0. The first-order valence-corrected chi connectivity index (χ1v) is 9.46. The predicted molar refractivity (Wildman–Crippen MR) is 104 cm³/mol. The van der Waals surface area contributed by atoms with Crippen LogP contribution in [0.3, 0.4) is 0 Å². The van der Waals surface area contributed by atoms with Gasteiger partial charge in [0.15, 0.2) is 0 Å². The Morgan fingerprint density at radius 3 is 2.38 bits per heavy atom. The van der Waals surface area contributed by atoms with Crippen LogP contribution in [-0.4, -0.2) is 5.11 Å². The molecule has 1 aromatic carbocycles. The van der Waals surface area contributed by atoms with Crippen molar-refractivity contribution in [2.24, 2.45) is 23.2 Å². The smallest absolute Gasteiger partial charge is 0.0981 e. The van der Waals surface area contributed by atoms with E-state index in [1.54, 1.807) is 0 Å². The van der Waals surface area contributed by atoms with Crippen molar-refractivity contribution in [2.75, 3.05) is 0 Å². The highest BCUT2D eigenvalue weighted by Crippen LogP contribution is 2.56. The minimum Gasteiger partial charge on any atom is -0.384 e. The van der Waals surface area contributed by atoms with Gasteiger partial charge in [0, 0.05) is 5.41 Å². The fourth-order valence-electron chi connectivity index (χ4n) is 4.58. The minimum atomic E-state index is -0.762. The van der Waals surface area contributed by atoms with Crippen LogP contribution in [0, 0.1) is 30.1 Å². The van der Waals surface area contributed by atoms with E-state index >= 15 is 0 Å². The lowest BCUT2D eigenvalue weighted by atomic mass is 9.63. The minimum absolute atomic E-state index is 0.141. The van der Waals surface area contributed by atoms with Crippen LogP contribution in [0.4, 0.5) is 0 Å². The molecule has 1 heteroatoms. The van der Waals surface area contributed by atoms with Crippen molar-refractivity contribution in [1.82, 2.24) is 0 Å². The van der Waals surface area contributed by atoms with Gasteiger partial charge >= 0.3 is 0 Å². The molecule has 0 fully saturated rings. The van der Waals surface area contributed by atoms with Gasteiger partial charge in [-0.3, -0.25) is 0 Å². The highest BCUT2D eigenvalue weighted by molar-refractivity contribution is 5.43. The summed E-state index contributed by atoms with van der Waals surface area (Å²) in [6.45, 7) is 19.6. The van der Waals surface area contributed by atoms with Crippen LogP contribution in [0.25, 0.3) is 0 Å². The molecule has 0 aromatic heterocycles. The third-order valence-corrected chi connectivity index (χ3v) is 6.17. The van der Waals surface area contributed by atoms with Crippen molar-refractivity contribution in [3.8, 4) is 0 Å². The largest absolute Gasteiger partial charge is 0.384 e. The molecule has 1 aromatic rings. The Kier molecular flexibility index (Phi) is 5.35. The lowest BCUT2D eigenvalue weighted by Gasteiger charge is -2.45. The average Bonchev–Trinajstić information content (AvgIpc) is 2.65. The zero-order valence-corrected chi connectivity index (χ0v) is 16.7. The molecule has 0 saturated heterocycles. The van der Waals surface area contributed by atoms with Crippen molar-refractivity contribution in [3.63, 3.8) is 0 Å². The maximum Gasteiger partial charge on any atom is 0.0981 e. The lowest BCUT2D eigenvalue weighted by molar-refractivity contribution is -0.118. The third-order valence-electron chi connectivity index (χ3n) is 6.17. The van der Waals surface area contributed by atoms with E-state index in [0.717, 1.165) is 19.3 Å². The number of hydrogen-bond donors (Lipinski definition) is 1. The van der Waals surface area contributed by atoms with Crippen LogP contribution in [-0.2, 0) is 12.0 Å². The van der Waals surface area contributed by atoms with E-state index < -0.39 is 5.60 Å². The zero-order valence-electron chi connectivity index (χ0n) is 16.7. The number of rotatable bonds is 6. The molecule has 0 radical (unpaired) electrons. The van der Waals surface area contributed by atoms with Crippen LogP contribution in [0.1, 0.15) is 71.1 Å². The van der Waals surface area contributed by atoms with Gasteiger partial charge in [0.1, 0.15) is 0 Å². The Balaban J connectivity index is 2.53. The fourth-order valence-corrected chi connectivity index (χ4v) is 4.58. The van der Waals surface area contributed by atoms with Crippen molar-refractivity contribution >= 4 is 0 Å². The summed E-state index contributed by atoms with van der Waals surface area (Å²) in [4.78, 5) is 0. The Hall–Kier alpha value is -1.08. The summed E-state index contributed by atoms with van der Waals surface area (Å²) in [5.41, 5.74) is 4.05. The van der Waals surface area contributed by atoms with E-state index in [0.29, 0.717) is 11.8 Å². The molecule has 0 bridgehead atoms. The van der Waals surface area contributed by atoms with Crippen molar-refractivity contribution in [1.29, 1.82) is 0 Å². The fraction of sp³-hybridized carbons (Fsp3) is 0.652. The monoisotopic (exact) mass is 328 g/mol. The molecule has 3 atom stereocenters. The molecule has 0 saturated carbocycles. The molecule has 1 N–H and O–H groups in total. The van der Waals surface area contributed by atoms with Crippen LogP contribution >= 0.6 is 0 Å². The Bertz CT molecular complexity index is 610. The van der Waals surface area contributed by atoms with E-state index in [4.69, 9.17) is 0 Å². The number of hydrogen-bond acceptors (Lipinski definition) is 1. The summed E-state index contributed by atoms with van der Waals surface area (Å²) in [6.07, 6.45) is 3.00. The molecule has 134 valence electrons. The molecule has 3 unspecified atom stereocenters. The molecule has 2 rings (SSSR count). The van der Waals surface area contributed by atoms with Crippen LogP contribution < -0.4 is 0 Å². The van der Waals surface area contributed by atoms with E-state index in [9.17, 15) is 5.11 Å². The normalized spacial score (nSPS) is 24.7. The second-order valence-electron chi connectivity index (χ2n) is 9.30. The predicted octanol–water partition coefficient (Wildman–Crippen LogP) is 6.03. The maximum absolute atomic E-state index is 12.1. The molecule has 0 heterocycles. The summed E-state index contributed by atoms with van der Waals surface area (Å²) in [6, 6.07) is 6.62. The van der Waals surface area contributed by atoms with Gasteiger partial charge < -0.3 is 5.11 Å². The van der Waals surface area contributed by atoms with Crippen molar-refractivity contribution in [3.05, 3.63) is 47.0 Å².